The Morgan fingerprint density at radius 2 is 1.93 bits per heavy atom. The third-order valence-corrected chi connectivity index (χ3v) is 3.87. The standard InChI is InChI=1S/C12H23NO2/c1-10(2)8-12(11(3,4)15-10)6-5-9(7-13)14-12/h9H,5-8,13H2,1-4H3/t9-,12+/m0/s1. The van der Waals surface area contributed by atoms with E-state index < -0.39 is 0 Å². The molecule has 2 saturated heterocycles. The molecule has 0 radical (unpaired) electrons. The highest BCUT2D eigenvalue weighted by atomic mass is 16.6. The van der Waals surface area contributed by atoms with Crippen LogP contribution in [0.5, 0.6) is 0 Å². The lowest BCUT2D eigenvalue weighted by atomic mass is 9.80. The molecule has 2 aliphatic heterocycles. The van der Waals surface area contributed by atoms with E-state index in [0.717, 1.165) is 19.3 Å². The second-order valence-corrected chi connectivity index (χ2v) is 6.06. The van der Waals surface area contributed by atoms with Gasteiger partial charge in [0.05, 0.1) is 22.9 Å². The molecule has 2 rings (SSSR count). The average Bonchev–Trinajstić information content (AvgIpc) is 2.53. The fraction of sp³-hybridized carbons (Fsp3) is 1.00. The first kappa shape index (κ1) is 11.4. The smallest absolute Gasteiger partial charge is 0.0998 e. The van der Waals surface area contributed by atoms with Crippen molar-refractivity contribution in [1.82, 2.24) is 0 Å². The molecule has 0 saturated carbocycles. The first-order valence-corrected chi connectivity index (χ1v) is 5.88. The molecule has 0 aromatic carbocycles. The second-order valence-electron chi connectivity index (χ2n) is 6.06. The van der Waals surface area contributed by atoms with Gasteiger partial charge in [0.2, 0.25) is 0 Å². The first-order valence-electron chi connectivity index (χ1n) is 5.88. The zero-order chi connectivity index (χ0) is 11.3. The third-order valence-electron chi connectivity index (χ3n) is 3.87. The van der Waals surface area contributed by atoms with Gasteiger partial charge >= 0.3 is 0 Å². The lowest BCUT2D eigenvalue weighted by molar-refractivity contribution is -0.144. The minimum Gasteiger partial charge on any atom is -0.367 e. The van der Waals surface area contributed by atoms with E-state index in [9.17, 15) is 0 Å². The Labute approximate surface area is 92.3 Å². The summed E-state index contributed by atoms with van der Waals surface area (Å²) in [5, 5.41) is 0. The number of ether oxygens (including phenoxy) is 2. The molecule has 0 amide bonds. The summed E-state index contributed by atoms with van der Waals surface area (Å²) in [4.78, 5) is 0. The zero-order valence-corrected chi connectivity index (χ0v) is 10.3. The highest BCUT2D eigenvalue weighted by Crippen LogP contribution is 2.53. The Kier molecular flexibility index (Phi) is 2.42. The van der Waals surface area contributed by atoms with E-state index in [-0.39, 0.29) is 22.9 Å². The quantitative estimate of drug-likeness (QED) is 0.723. The van der Waals surface area contributed by atoms with Crippen molar-refractivity contribution in [3.63, 3.8) is 0 Å². The van der Waals surface area contributed by atoms with Crippen LogP contribution >= 0.6 is 0 Å². The predicted octanol–water partition coefficient (Wildman–Crippen LogP) is 1.84. The molecular formula is C12H23NO2. The molecule has 0 aromatic heterocycles. The van der Waals surface area contributed by atoms with Crippen LogP contribution in [0.2, 0.25) is 0 Å². The molecule has 3 nitrogen and oxygen atoms in total. The van der Waals surface area contributed by atoms with Crippen LogP contribution in [-0.4, -0.2) is 29.5 Å². The van der Waals surface area contributed by atoms with Gasteiger partial charge < -0.3 is 15.2 Å². The maximum atomic E-state index is 6.16. The number of hydrogen-bond acceptors (Lipinski definition) is 3. The lowest BCUT2D eigenvalue weighted by Crippen LogP contribution is -2.46. The maximum absolute atomic E-state index is 6.16. The Bertz CT molecular complexity index is 262. The molecule has 1 spiro atoms. The normalized spacial score (nSPS) is 42.6. The van der Waals surface area contributed by atoms with Crippen molar-refractivity contribution < 1.29 is 9.47 Å². The molecule has 0 aromatic rings. The molecule has 2 N–H and O–H groups in total. The van der Waals surface area contributed by atoms with Gasteiger partial charge in [-0.1, -0.05) is 0 Å². The van der Waals surface area contributed by atoms with E-state index in [0.29, 0.717) is 6.54 Å². The van der Waals surface area contributed by atoms with Gasteiger partial charge in [-0.25, -0.2) is 0 Å². The van der Waals surface area contributed by atoms with Crippen LogP contribution in [0.25, 0.3) is 0 Å². The van der Waals surface area contributed by atoms with Crippen LogP contribution in [0.15, 0.2) is 0 Å². The molecule has 0 bridgehead atoms. The number of rotatable bonds is 1. The molecule has 2 atom stereocenters. The van der Waals surface area contributed by atoms with Crippen molar-refractivity contribution in [3.05, 3.63) is 0 Å². The first-order chi connectivity index (χ1) is 6.80. The minimum atomic E-state index is -0.194. The molecule has 0 aliphatic carbocycles. The third kappa shape index (κ3) is 1.71. The Hall–Kier alpha value is -0.120. The summed E-state index contributed by atoms with van der Waals surface area (Å²) in [6, 6.07) is 0. The monoisotopic (exact) mass is 213 g/mol. The van der Waals surface area contributed by atoms with Gasteiger partial charge in [-0.2, -0.15) is 0 Å². The van der Waals surface area contributed by atoms with Crippen LogP contribution in [0.4, 0.5) is 0 Å². The summed E-state index contributed by atoms with van der Waals surface area (Å²) in [7, 11) is 0. The van der Waals surface area contributed by atoms with Crippen molar-refractivity contribution in [3.8, 4) is 0 Å². The van der Waals surface area contributed by atoms with Gasteiger partial charge in [0.25, 0.3) is 0 Å². The molecule has 2 aliphatic rings. The van der Waals surface area contributed by atoms with Gasteiger partial charge in [0.1, 0.15) is 0 Å². The van der Waals surface area contributed by atoms with E-state index in [1.807, 2.05) is 0 Å². The van der Waals surface area contributed by atoms with Gasteiger partial charge in [-0.15, -0.1) is 0 Å². The summed E-state index contributed by atoms with van der Waals surface area (Å²) < 4.78 is 12.3. The van der Waals surface area contributed by atoms with Crippen molar-refractivity contribution in [1.29, 1.82) is 0 Å². The molecule has 2 heterocycles. The Morgan fingerprint density at radius 1 is 1.27 bits per heavy atom. The highest BCUT2D eigenvalue weighted by Gasteiger charge is 2.60. The van der Waals surface area contributed by atoms with E-state index in [1.54, 1.807) is 0 Å². The molecule has 15 heavy (non-hydrogen) atoms. The topological polar surface area (TPSA) is 44.5 Å². The second kappa shape index (κ2) is 3.19. The number of nitrogens with two attached hydrogens (primary N) is 1. The minimum absolute atomic E-state index is 0.0764. The van der Waals surface area contributed by atoms with Crippen LogP contribution in [-0.2, 0) is 9.47 Å². The van der Waals surface area contributed by atoms with Crippen LogP contribution in [0.3, 0.4) is 0 Å². The van der Waals surface area contributed by atoms with Crippen molar-refractivity contribution in [2.24, 2.45) is 5.73 Å². The fourth-order valence-electron chi connectivity index (χ4n) is 3.29. The Morgan fingerprint density at radius 3 is 2.33 bits per heavy atom. The van der Waals surface area contributed by atoms with Gasteiger partial charge in [-0.05, 0) is 40.5 Å². The SMILES string of the molecule is CC1(C)C[C@]2(CC[C@@H](CN)O2)C(C)(C)O1. The Balaban J connectivity index is 2.22. The molecule has 3 heteroatoms. The summed E-state index contributed by atoms with van der Waals surface area (Å²) >= 11 is 0. The maximum Gasteiger partial charge on any atom is 0.0998 e. The van der Waals surface area contributed by atoms with Crippen molar-refractivity contribution in [2.45, 2.75) is 69.9 Å². The van der Waals surface area contributed by atoms with Gasteiger partial charge in [0.15, 0.2) is 0 Å². The van der Waals surface area contributed by atoms with Gasteiger partial charge in [-0.3, -0.25) is 0 Å². The highest BCUT2D eigenvalue weighted by molar-refractivity contribution is 5.10. The van der Waals surface area contributed by atoms with Gasteiger partial charge in [0, 0.05) is 13.0 Å². The average molecular weight is 213 g/mol. The van der Waals surface area contributed by atoms with Crippen LogP contribution < -0.4 is 5.73 Å². The molecule has 88 valence electrons. The van der Waals surface area contributed by atoms with E-state index in [1.165, 1.54) is 0 Å². The number of hydrogen-bond donors (Lipinski definition) is 1. The fourth-order valence-corrected chi connectivity index (χ4v) is 3.29. The van der Waals surface area contributed by atoms with E-state index >= 15 is 0 Å². The van der Waals surface area contributed by atoms with E-state index in [2.05, 4.69) is 27.7 Å². The zero-order valence-electron chi connectivity index (χ0n) is 10.3. The lowest BCUT2D eigenvalue weighted by Gasteiger charge is -2.36. The summed E-state index contributed by atoms with van der Waals surface area (Å²) in [6.45, 7) is 9.19. The van der Waals surface area contributed by atoms with E-state index in [4.69, 9.17) is 15.2 Å². The summed E-state index contributed by atoms with van der Waals surface area (Å²) in [5.74, 6) is 0. The van der Waals surface area contributed by atoms with Crippen molar-refractivity contribution in [2.75, 3.05) is 6.54 Å². The van der Waals surface area contributed by atoms with Crippen LogP contribution in [0, 0.1) is 0 Å². The van der Waals surface area contributed by atoms with Crippen LogP contribution in [0.1, 0.15) is 47.0 Å². The predicted molar refractivity (Wildman–Crippen MR) is 59.8 cm³/mol. The summed E-state index contributed by atoms with van der Waals surface area (Å²) in [6.07, 6.45) is 3.34. The molecule has 2 fully saturated rings. The molecule has 0 unspecified atom stereocenters. The van der Waals surface area contributed by atoms with Crippen molar-refractivity contribution >= 4 is 0 Å². The summed E-state index contributed by atoms with van der Waals surface area (Å²) in [5.41, 5.74) is 5.29. The largest absolute Gasteiger partial charge is 0.367 e. The molecular weight excluding hydrogens is 190 g/mol.